The van der Waals surface area contributed by atoms with Gasteiger partial charge in [0.1, 0.15) is 5.82 Å². The van der Waals surface area contributed by atoms with Crippen LogP contribution in [-0.2, 0) is 0 Å². The van der Waals surface area contributed by atoms with Gasteiger partial charge in [0.15, 0.2) is 17.5 Å². The van der Waals surface area contributed by atoms with Crippen LogP contribution in [0, 0.1) is 24.4 Å². The molecule has 0 radical (unpaired) electrons. The number of nitrogens with zero attached hydrogens (tertiary/aromatic N) is 2. The van der Waals surface area contributed by atoms with E-state index in [4.69, 9.17) is 0 Å². The average molecular weight is 282 g/mol. The molecule has 0 aliphatic rings. The van der Waals surface area contributed by atoms with E-state index < -0.39 is 17.5 Å². The minimum Gasteiger partial charge on any atom is -0.354 e. The number of benzene rings is 1. The molecular weight excluding hydrogens is 269 g/mol. The Balaban J connectivity index is 2.34. The zero-order chi connectivity index (χ0) is 14.7. The van der Waals surface area contributed by atoms with Gasteiger partial charge in [0.2, 0.25) is 5.95 Å². The predicted molar refractivity (Wildman–Crippen MR) is 70.5 cm³/mol. The lowest BCUT2D eigenvalue weighted by molar-refractivity contribution is 0.449. The van der Waals surface area contributed by atoms with E-state index in [0.717, 1.165) is 12.1 Å². The highest BCUT2D eigenvalue weighted by Crippen LogP contribution is 2.24. The molecule has 1 aromatic heterocycles. The van der Waals surface area contributed by atoms with E-state index in [-0.39, 0.29) is 5.69 Å². The second kappa shape index (κ2) is 5.77. The van der Waals surface area contributed by atoms with Crippen molar-refractivity contribution in [2.45, 2.75) is 13.8 Å². The Morgan fingerprint density at radius 2 is 1.90 bits per heavy atom. The number of nitrogens with one attached hydrogen (secondary N) is 2. The third kappa shape index (κ3) is 2.81. The van der Waals surface area contributed by atoms with E-state index in [2.05, 4.69) is 20.6 Å². The minimum atomic E-state index is -1.52. The maximum absolute atomic E-state index is 13.6. The Kier molecular flexibility index (Phi) is 4.07. The van der Waals surface area contributed by atoms with Crippen molar-refractivity contribution in [3.8, 4) is 0 Å². The summed E-state index contributed by atoms with van der Waals surface area (Å²) in [5.74, 6) is -3.35. The van der Waals surface area contributed by atoms with Crippen LogP contribution in [-0.4, -0.2) is 16.5 Å². The fraction of sp³-hybridized carbons (Fsp3) is 0.231. The smallest absolute Gasteiger partial charge is 0.224 e. The molecule has 0 aliphatic carbocycles. The largest absolute Gasteiger partial charge is 0.354 e. The van der Waals surface area contributed by atoms with Crippen molar-refractivity contribution >= 4 is 17.5 Å². The average Bonchev–Trinajstić information content (AvgIpc) is 2.43. The molecule has 1 heterocycles. The summed E-state index contributed by atoms with van der Waals surface area (Å²) in [4.78, 5) is 8.17. The summed E-state index contributed by atoms with van der Waals surface area (Å²) >= 11 is 0. The number of rotatable bonds is 4. The SMILES string of the molecule is CCNc1ncc(C)c(Nc2ccc(F)c(F)c2F)n1. The van der Waals surface area contributed by atoms with Crippen LogP contribution in [0.5, 0.6) is 0 Å². The predicted octanol–water partition coefficient (Wildman–Crippen LogP) is 3.38. The maximum Gasteiger partial charge on any atom is 0.224 e. The summed E-state index contributed by atoms with van der Waals surface area (Å²) in [5, 5.41) is 5.54. The molecule has 4 nitrogen and oxygen atoms in total. The number of aryl methyl sites for hydroxylation is 1. The Hall–Kier alpha value is -2.31. The standard InChI is InChI=1S/C13H13F3N4/c1-3-17-13-18-6-7(2)12(20-13)19-9-5-4-8(14)10(15)11(9)16/h4-6H,3H2,1-2H3,(H2,17,18,19,20). The molecule has 2 rings (SSSR count). The fourth-order valence-corrected chi connectivity index (χ4v) is 1.56. The first-order valence-electron chi connectivity index (χ1n) is 6.01. The lowest BCUT2D eigenvalue weighted by atomic mass is 10.2. The summed E-state index contributed by atoms with van der Waals surface area (Å²) in [5.41, 5.74) is 0.462. The summed E-state index contributed by atoms with van der Waals surface area (Å²) in [6.07, 6.45) is 1.55. The van der Waals surface area contributed by atoms with Gasteiger partial charge in [-0.15, -0.1) is 0 Å². The molecule has 0 spiro atoms. The molecule has 0 unspecified atom stereocenters. The highest BCUT2D eigenvalue weighted by atomic mass is 19.2. The van der Waals surface area contributed by atoms with E-state index in [1.165, 1.54) is 0 Å². The van der Waals surface area contributed by atoms with Gasteiger partial charge in [-0.05, 0) is 26.0 Å². The van der Waals surface area contributed by atoms with Gasteiger partial charge in [0.25, 0.3) is 0 Å². The zero-order valence-corrected chi connectivity index (χ0v) is 11.0. The highest BCUT2D eigenvalue weighted by molar-refractivity contribution is 5.60. The van der Waals surface area contributed by atoms with Crippen molar-refractivity contribution in [2.75, 3.05) is 17.2 Å². The Morgan fingerprint density at radius 3 is 2.60 bits per heavy atom. The molecule has 106 valence electrons. The molecule has 0 atom stereocenters. The Bertz CT molecular complexity index is 631. The van der Waals surface area contributed by atoms with Crippen molar-refractivity contribution in [3.63, 3.8) is 0 Å². The van der Waals surface area contributed by atoms with Crippen LogP contribution in [0.25, 0.3) is 0 Å². The second-order valence-electron chi connectivity index (χ2n) is 4.10. The number of hydrogen-bond acceptors (Lipinski definition) is 4. The Labute approximate surface area is 114 Å². The lowest BCUT2D eigenvalue weighted by Gasteiger charge is -2.11. The van der Waals surface area contributed by atoms with Gasteiger partial charge in [-0.3, -0.25) is 0 Å². The number of anilines is 3. The molecule has 0 saturated carbocycles. The topological polar surface area (TPSA) is 49.8 Å². The van der Waals surface area contributed by atoms with E-state index in [0.29, 0.717) is 23.9 Å². The molecule has 2 N–H and O–H groups in total. The molecule has 20 heavy (non-hydrogen) atoms. The zero-order valence-electron chi connectivity index (χ0n) is 11.0. The van der Waals surface area contributed by atoms with Gasteiger partial charge in [-0.2, -0.15) is 4.98 Å². The molecule has 0 bridgehead atoms. The number of hydrogen-bond donors (Lipinski definition) is 2. The molecule has 1 aromatic carbocycles. The molecule has 7 heteroatoms. The maximum atomic E-state index is 13.6. The van der Waals surface area contributed by atoms with Crippen LogP contribution in [0.2, 0.25) is 0 Å². The Morgan fingerprint density at radius 1 is 1.15 bits per heavy atom. The van der Waals surface area contributed by atoms with Crippen LogP contribution < -0.4 is 10.6 Å². The summed E-state index contributed by atoms with van der Waals surface area (Å²) in [6.45, 7) is 4.23. The summed E-state index contributed by atoms with van der Waals surface area (Å²) < 4.78 is 39.6. The van der Waals surface area contributed by atoms with Crippen LogP contribution in [0.4, 0.5) is 30.6 Å². The highest BCUT2D eigenvalue weighted by Gasteiger charge is 2.14. The van der Waals surface area contributed by atoms with E-state index in [1.807, 2.05) is 6.92 Å². The van der Waals surface area contributed by atoms with Gasteiger partial charge in [0.05, 0.1) is 5.69 Å². The normalized spacial score (nSPS) is 10.4. The van der Waals surface area contributed by atoms with Gasteiger partial charge in [-0.1, -0.05) is 0 Å². The quantitative estimate of drug-likeness (QED) is 0.844. The lowest BCUT2D eigenvalue weighted by Crippen LogP contribution is -2.06. The third-order valence-electron chi connectivity index (χ3n) is 2.59. The number of aromatic nitrogens is 2. The van der Waals surface area contributed by atoms with Crippen LogP contribution in [0.15, 0.2) is 18.3 Å². The van der Waals surface area contributed by atoms with Gasteiger partial charge >= 0.3 is 0 Å². The van der Waals surface area contributed by atoms with Crippen LogP contribution >= 0.6 is 0 Å². The minimum absolute atomic E-state index is 0.187. The second-order valence-corrected chi connectivity index (χ2v) is 4.10. The van der Waals surface area contributed by atoms with Gasteiger partial charge in [0, 0.05) is 18.3 Å². The van der Waals surface area contributed by atoms with Crippen LogP contribution in [0.3, 0.4) is 0 Å². The third-order valence-corrected chi connectivity index (χ3v) is 2.59. The van der Waals surface area contributed by atoms with E-state index in [9.17, 15) is 13.2 Å². The molecule has 0 fully saturated rings. The first-order chi connectivity index (χ1) is 9.52. The molecule has 0 amide bonds. The summed E-state index contributed by atoms with van der Waals surface area (Å²) in [7, 11) is 0. The van der Waals surface area contributed by atoms with Crippen molar-refractivity contribution in [1.29, 1.82) is 0 Å². The monoisotopic (exact) mass is 282 g/mol. The molecule has 2 aromatic rings. The van der Waals surface area contributed by atoms with Crippen LogP contribution in [0.1, 0.15) is 12.5 Å². The first-order valence-corrected chi connectivity index (χ1v) is 6.01. The van der Waals surface area contributed by atoms with Crippen molar-refractivity contribution in [3.05, 3.63) is 41.3 Å². The van der Waals surface area contributed by atoms with Gasteiger partial charge in [-0.25, -0.2) is 18.2 Å². The molecule has 0 saturated heterocycles. The molecule has 0 aliphatic heterocycles. The fourth-order valence-electron chi connectivity index (χ4n) is 1.56. The number of halogens is 3. The van der Waals surface area contributed by atoms with Crippen molar-refractivity contribution in [1.82, 2.24) is 9.97 Å². The van der Waals surface area contributed by atoms with E-state index >= 15 is 0 Å². The molecular formula is C13H13F3N4. The van der Waals surface area contributed by atoms with Gasteiger partial charge < -0.3 is 10.6 Å². The summed E-state index contributed by atoms with van der Waals surface area (Å²) in [6, 6.07) is 1.96. The van der Waals surface area contributed by atoms with Crippen molar-refractivity contribution < 1.29 is 13.2 Å². The first kappa shape index (κ1) is 14.1. The van der Waals surface area contributed by atoms with Crippen molar-refractivity contribution in [2.24, 2.45) is 0 Å². The van der Waals surface area contributed by atoms with E-state index in [1.54, 1.807) is 13.1 Å².